The van der Waals surface area contributed by atoms with Gasteiger partial charge >= 0.3 is 0 Å². The van der Waals surface area contributed by atoms with Gasteiger partial charge in [-0.1, -0.05) is 30.3 Å². The van der Waals surface area contributed by atoms with Gasteiger partial charge in [-0.15, -0.1) is 0 Å². The van der Waals surface area contributed by atoms with Crippen LogP contribution >= 0.6 is 0 Å². The predicted molar refractivity (Wildman–Crippen MR) is 107 cm³/mol. The first-order valence-corrected chi connectivity index (χ1v) is 8.88. The molecule has 0 bridgehead atoms. The number of ether oxygens (including phenoxy) is 1. The Balaban J connectivity index is 1.93. The Labute approximate surface area is 154 Å². The lowest BCUT2D eigenvalue weighted by molar-refractivity contribution is 0.342. The summed E-state index contributed by atoms with van der Waals surface area (Å²) in [6.45, 7) is 7.48. The molecule has 134 valence electrons. The molecule has 1 aromatic heterocycles. The zero-order chi connectivity index (χ0) is 18.4. The maximum Gasteiger partial charge on any atom is 0.229 e. The number of benzene rings is 2. The summed E-state index contributed by atoms with van der Waals surface area (Å²) < 4.78 is 5.68. The van der Waals surface area contributed by atoms with E-state index in [-0.39, 0.29) is 0 Å². The van der Waals surface area contributed by atoms with Crippen molar-refractivity contribution in [3.63, 3.8) is 0 Å². The average molecular weight is 348 g/mol. The van der Waals surface area contributed by atoms with Gasteiger partial charge in [-0.25, -0.2) is 4.98 Å². The number of aryl methyl sites for hydroxylation is 1. The van der Waals surface area contributed by atoms with Crippen LogP contribution in [0.2, 0.25) is 0 Å². The van der Waals surface area contributed by atoms with Crippen molar-refractivity contribution in [2.75, 3.05) is 23.4 Å². The van der Waals surface area contributed by atoms with Gasteiger partial charge in [-0.3, -0.25) is 0 Å². The van der Waals surface area contributed by atoms with Gasteiger partial charge in [-0.2, -0.15) is 4.98 Å². The Kier molecular flexibility index (Phi) is 5.69. The van der Waals surface area contributed by atoms with E-state index in [1.54, 1.807) is 0 Å². The number of aromatic nitrogens is 2. The molecule has 0 radical (unpaired) electrons. The lowest BCUT2D eigenvalue weighted by Crippen LogP contribution is -2.18. The van der Waals surface area contributed by atoms with Gasteiger partial charge < -0.3 is 15.0 Å². The van der Waals surface area contributed by atoms with Crippen LogP contribution in [0.4, 0.5) is 23.1 Å². The van der Waals surface area contributed by atoms with Crippen LogP contribution in [0, 0.1) is 6.92 Å². The summed E-state index contributed by atoms with van der Waals surface area (Å²) in [6, 6.07) is 20.0. The fourth-order valence-corrected chi connectivity index (χ4v) is 2.80. The first-order valence-electron chi connectivity index (χ1n) is 8.88. The molecule has 0 aliphatic rings. The Bertz CT molecular complexity index is 852. The Morgan fingerprint density at radius 2 is 1.69 bits per heavy atom. The molecule has 0 aliphatic carbocycles. The van der Waals surface area contributed by atoms with Gasteiger partial charge in [0.05, 0.1) is 12.3 Å². The minimum atomic E-state index is 0.557. The molecule has 0 amide bonds. The van der Waals surface area contributed by atoms with Gasteiger partial charge in [-0.05, 0) is 45.0 Å². The molecule has 1 heterocycles. The number of nitrogens with zero attached hydrogens (tertiary/aromatic N) is 3. The molecule has 0 atom stereocenters. The van der Waals surface area contributed by atoms with E-state index in [2.05, 4.69) is 34.3 Å². The van der Waals surface area contributed by atoms with Crippen molar-refractivity contribution < 1.29 is 4.74 Å². The molecule has 3 rings (SSSR count). The topological polar surface area (TPSA) is 50.3 Å². The molecule has 0 saturated heterocycles. The number of anilines is 4. The third kappa shape index (κ3) is 4.11. The van der Waals surface area contributed by atoms with Crippen molar-refractivity contribution in [1.82, 2.24) is 9.97 Å². The minimum absolute atomic E-state index is 0.557. The van der Waals surface area contributed by atoms with Gasteiger partial charge in [0.2, 0.25) is 5.95 Å². The molecule has 0 aliphatic heterocycles. The molecule has 0 unspecified atom stereocenters. The maximum absolute atomic E-state index is 5.68. The molecule has 0 saturated carbocycles. The molecule has 3 aromatic rings. The van der Waals surface area contributed by atoms with Crippen LogP contribution in [-0.2, 0) is 0 Å². The third-order valence-corrected chi connectivity index (χ3v) is 3.93. The zero-order valence-electron chi connectivity index (χ0n) is 15.4. The molecule has 1 N–H and O–H groups in total. The van der Waals surface area contributed by atoms with Gasteiger partial charge in [0.1, 0.15) is 11.6 Å². The van der Waals surface area contributed by atoms with Crippen LogP contribution in [0.5, 0.6) is 5.75 Å². The fraction of sp³-hybridized carbons (Fsp3) is 0.238. The van der Waals surface area contributed by atoms with Crippen LogP contribution < -0.4 is 15.0 Å². The standard InChI is InChI=1S/C21H24N4O/c1-4-25(17-11-7-6-8-12-17)20-15-16(3)22-21(24-20)23-18-13-9-10-14-19(18)26-5-2/h6-15H,4-5H2,1-3H3,(H,22,23,24). The summed E-state index contributed by atoms with van der Waals surface area (Å²) in [5.74, 6) is 2.21. The zero-order valence-corrected chi connectivity index (χ0v) is 15.4. The Morgan fingerprint density at radius 3 is 2.42 bits per heavy atom. The first-order chi connectivity index (χ1) is 12.7. The van der Waals surface area contributed by atoms with Gasteiger partial charge in [0.15, 0.2) is 0 Å². The van der Waals surface area contributed by atoms with Crippen molar-refractivity contribution in [2.24, 2.45) is 0 Å². The first kappa shape index (κ1) is 17.7. The monoisotopic (exact) mass is 348 g/mol. The quantitative estimate of drug-likeness (QED) is 0.645. The highest BCUT2D eigenvalue weighted by atomic mass is 16.5. The third-order valence-electron chi connectivity index (χ3n) is 3.93. The summed E-state index contributed by atoms with van der Waals surface area (Å²) in [5, 5.41) is 3.30. The molecule has 5 nitrogen and oxygen atoms in total. The molecule has 5 heteroatoms. The van der Waals surface area contributed by atoms with E-state index in [9.17, 15) is 0 Å². The number of para-hydroxylation sites is 3. The molecule has 0 fully saturated rings. The second kappa shape index (κ2) is 8.34. The van der Waals surface area contributed by atoms with E-state index in [4.69, 9.17) is 9.72 Å². The van der Waals surface area contributed by atoms with Gasteiger partial charge in [0, 0.05) is 24.0 Å². The van der Waals surface area contributed by atoms with Crippen LogP contribution in [0.3, 0.4) is 0 Å². The molecular formula is C21H24N4O. The summed E-state index contributed by atoms with van der Waals surface area (Å²) in [6.07, 6.45) is 0. The molecular weight excluding hydrogens is 324 g/mol. The predicted octanol–water partition coefficient (Wildman–Crippen LogP) is 5.09. The summed E-state index contributed by atoms with van der Waals surface area (Å²) in [7, 11) is 0. The van der Waals surface area contributed by atoms with Crippen molar-refractivity contribution in [3.8, 4) is 5.75 Å². The van der Waals surface area contributed by atoms with Crippen molar-refractivity contribution >= 4 is 23.1 Å². The second-order valence-electron chi connectivity index (χ2n) is 5.83. The molecule has 26 heavy (non-hydrogen) atoms. The lowest BCUT2D eigenvalue weighted by Gasteiger charge is -2.23. The van der Waals surface area contributed by atoms with Crippen LogP contribution in [0.25, 0.3) is 0 Å². The van der Waals surface area contributed by atoms with Crippen LogP contribution in [-0.4, -0.2) is 23.1 Å². The van der Waals surface area contributed by atoms with E-state index in [0.29, 0.717) is 12.6 Å². The van der Waals surface area contributed by atoms with Crippen molar-refractivity contribution in [2.45, 2.75) is 20.8 Å². The van der Waals surface area contributed by atoms with E-state index in [0.717, 1.165) is 35.2 Å². The van der Waals surface area contributed by atoms with E-state index >= 15 is 0 Å². The minimum Gasteiger partial charge on any atom is -0.492 e. The average Bonchev–Trinajstić information content (AvgIpc) is 2.65. The summed E-state index contributed by atoms with van der Waals surface area (Å²) >= 11 is 0. The molecule has 2 aromatic carbocycles. The highest BCUT2D eigenvalue weighted by molar-refractivity contribution is 5.65. The summed E-state index contributed by atoms with van der Waals surface area (Å²) in [4.78, 5) is 11.4. The highest BCUT2D eigenvalue weighted by Gasteiger charge is 2.12. The Hall–Kier alpha value is -3.08. The van der Waals surface area contributed by atoms with Gasteiger partial charge in [0.25, 0.3) is 0 Å². The SMILES string of the molecule is CCOc1ccccc1Nc1nc(C)cc(N(CC)c2ccccc2)n1. The number of hydrogen-bond acceptors (Lipinski definition) is 5. The normalized spacial score (nSPS) is 10.4. The van der Waals surface area contributed by atoms with Crippen LogP contribution in [0.1, 0.15) is 19.5 Å². The summed E-state index contributed by atoms with van der Waals surface area (Å²) in [5.41, 5.74) is 2.86. The highest BCUT2D eigenvalue weighted by Crippen LogP contribution is 2.28. The lowest BCUT2D eigenvalue weighted by atomic mass is 10.2. The van der Waals surface area contributed by atoms with Crippen molar-refractivity contribution in [3.05, 3.63) is 66.4 Å². The van der Waals surface area contributed by atoms with E-state index in [1.165, 1.54) is 0 Å². The van der Waals surface area contributed by atoms with Crippen molar-refractivity contribution in [1.29, 1.82) is 0 Å². The largest absolute Gasteiger partial charge is 0.492 e. The van der Waals surface area contributed by atoms with Crippen LogP contribution in [0.15, 0.2) is 60.7 Å². The number of rotatable bonds is 7. The van der Waals surface area contributed by atoms with E-state index in [1.807, 2.05) is 62.4 Å². The second-order valence-corrected chi connectivity index (χ2v) is 5.83. The Morgan fingerprint density at radius 1 is 0.962 bits per heavy atom. The van der Waals surface area contributed by atoms with E-state index < -0.39 is 0 Å². The number of hydrogen-bond donors (Lipinski definition) is 1. The number of nitrogens with one attached hydrogen (secondary N) is 1. The maximum atomic E-state index is 5.68. The fourth-order valence-electron chi connectivity index (χ4n) is 2.80. The smallest absolute Gasteiger partial charge is 0.229 e. The molecule has 0 spiro atoms.